The standard InChI is InChI=1S/C22H27FN2O3S/c1-3-4-20(26)24(12-13-28-2)15-21(27)25-11-9-19-18(10-14-29-19)22(25)16-5-7-17(23)8-6-16/h5-8,10,14,22H,3-4,9,11-13,15H2,1-2H3. The summed E-state index contributed by atoms with van der Waals surface area (Å²) in [6, 6.07) is 8.10. The number of rotatable bonds is 8. The highest BCUT2D eigenvalue weighted by atomic mass is 32.1. The molecule has 1 aliphatic rings. The molecular weight excluding hydrogens is 391 g/mol. The number of hydrogen-bond acceptors (Lipinski definition) is 4. The van der Waals surface area contributed by atoms with Crippen LogP contribution in [0.15, 0.2) is 35.7 Å². The predicted molar refractivity (Wildman–Crippen MR) is 111 cm³/mol. The van der Waals surface area contributed by atoms with Crippen LogP contribution in [0.25, 0.3) is 0 Å². The normalized spacial score (nSPS) is 15.8. The minimum atomic E-state index is -0.302. The van der Waals surface area contributed by atoms with E-state index in [1.807, 2.05) is 23.3 Å². The number of halogens is 1. The van der Waals surface area contributed by atoms with Crippen LogP contribution in [0.4, 0.5) is 4.39 Å². The maximum Gasteiger partial charge on any atom is 0.242 e. The molecule has 1 unspecified atom stereocenters. The zero-order valence-corrected chi connectivity index (χ0v) is 17.7. The Balaban J connectivity index is 1.85. The van der Waals surface area contributed by atoms with E-state index >= 15 is 0 Å². The summed E-state index contributed by atoms with van der Waals surface area (Å²) in [4.78, 5) is 30.4. The lowest BCUT2D eigenvalue weighted by atomic mass is 9.93. The first-order valence-corrected chi connectivity index (χ1v) is 10.8. The fraction of sp³-hybridized carbons (Fsp3) is 0.455. The van der Waals surface area contributed by atoms with Crippen LogP contribution in [0.2, 0.25) is 0 Å². The average Bonchev–Trinajstić information content (AvgIpc) is 3.20. The van der Waals surface area contributed by atoms with Crippen molar-refractivity contribution in [3.63, 3.8) is 0 Å². The SMILES string of the molecule is CCCC(=O)N(CCOC)CC(=O)N1CCc2sccc2C1c1ccc(F)cc1. The van der Waals surface area contributed by atoms with Crippen molar-refractivity contribution in [2.24, 2.45) is 0 Å². The number of fused-ring (bicyclic) bond motifs is 1. The number of nitrogens with zero attached hydrogens (tertiary/aromatic N) is 2. The van der Waals surface area contributed by atoms with Crippen LogP contribution in [0.5, 0.6) is 0 Å². The van der Waals surface area contributed by atoms with Gasteiger partial charge in [-0.25, -0.2) is 4.39 Å². The van der Waals surface area contributed by atoms with Gasteiger partial charge in [-0.2, -0.15) is 0 Å². The van der Waals surface area contributed by atoms with Gasteiger partial charge < -0.3 is 14.5 Å². The van der Waals surface area contributed by atoms with Gasteiger partial charge in [0.25, 0.3) is 0 Å². The molecule has 0 aliphatic carbocycles. The van der Waals surface area contributed by atoms with Gasteiger partial charge in [0.15, 0.2) is 0 Å². The third-order valence-corrected chi connectivity index (χ3v) is 6.18. The second-order valence-corrected chi connectivity index (χ2v) is 8.15. The molecule has 7 heteroatoms. The Morgan fingerprint density at radius 3 is 2.72 bits per heavy atom. The van der Waals surface area contributed by atoms with Gasteiger partial charge in [-0.1, -0.05) is 19.1 Å². The topological polar surface area (TPSA) is 49.9 Å². The van der Waals surface area contributed by atoms with Crippen LogP contribution in [-0.2, 0) is 20.7 Å². The second kappa shape index (κ2) is 9.98. The molecule has 0 radical (unpaired) electrons. The van der Waals surface area contributed by atoms with E-state index in [0.717, 1.165) is 24.0 Å². The number of carbonyl (C=O) groups is 2. The minimum Gasteiger partial charge on any atom is -0.383 e. The smallest absolute Gasteiger partial charge is 0.242 e. The van der Waals surface area contributed by atoms with E-state index in [-0.39, 0.29) is 30.2 Å². The van der Waals surface area contributed by atoms with E-state index in [0.29, 0.717) is 26.1 Å². The predicted octanol–water partition coefficient (Wildman–Crippen LogP) is 3.64. The quantitative estimate of drug-likeness (QED) is 0.658. The Labute approximate surface area is 175 Å². The van der Waals surface area contributed by atoms with E-state index < -0.39 is 0 Å². The molecule has 1 atom stereocenters. The Bertz CT molecular complexity index is 837. The monoisotopic (exact) mass is 418 g/mol. The van der Waals surface area contributed by atoms with E-state index in [2.05, 4.69) is 0 Å². The van der Waals surface area contributed by atoms with Crippen LogP contribution in [0.1, 0.15) is 41.8 Å². The van der Waals surface area contributed by atoms with E-state index in [9.17, 15) is 14.0 Å². The fourth-order valence-corrected chi connectivity index (χ4v) is 4.61. The molecule has 2 aromatic rings. The number of ether oxygens (including phenoxy) is 1. The molecule has 5 nitrogen and oxygen atoms in total. The minimum absolute atomic E-state index is 0.0271. The van der Waals surface area contributed by atoms with Gasteiger partial charge >= 0.3 is 0 Å². The van der Waals surface area contributed by atoms with Crippen molar-refractivity contribution in [2.45, 2.75) is 32.2 Å². The van der Waals surface area contributed by atoms with Gasteiger partial charge in [-0.05, 0) is 47.5 Å². The molecule has 0 N–H and O–H groups in total. The highest BCUT2D eigenvalue weighted by Crippen LogP contribution is 2.37. The summed E-state index contributed by atoms with van der Waals surface area (Å²) in [5, 5.41) is 2.03. The Kier molecular flexibility index (Phi) is 7.39. The van der Waals surface area contributed by atoms with Gasteiger partial charge in [-0.3, -0.25) is 9.59 Å². The number of methoxy groups -OCH3 is 1. The molecule has 0 spiro atoms. The molecule has 29 heavy (non-hydrogen) atoms. The summed E-state index contributed by atoms with van der Waals surface area (Å²) < 4.78 is 18.6. The first-order chi connectivity index (χ1) is 14.0. The summed E-state index contributed by atoms with van der Waals surface area (Å²) >= 11 is 1.68. The Hall–Kier alpha value is -2.25. The van der Waals surface area contributed by atoms with Crippen molar-refractivity contribution >= 4 is 23.2 Å². The number of thiophene rings is 1. The fourth-order valence-electron chi connectivity index (χ4n) is 3.71. The van der Waals surface area contributed by atoms with Gasteiger partial charge in [0, 0.05) is 31.5 Å². The zero-order chi connectivity index (χ0) is 20.8. The average molecular weight is 419 g/mol. The molecule has 0 bridgehead atoms. The lowest BCUT2D eigenvalue weighted by molar-refractivity contribution is -0.142. The number of carbonyl (C=O) groups excluding carboxylic acids is 2. The molecule has 1 aliphatic heterocycles. The molecule has 3 rings (SSSR count). The van der Waals surface area contributed by atoms with Gasteiger partial charge in [0.05, 0.1) is 19.2 Å². The summed E-state index contributed by atoms with van der Waals surface area (Å²) in [7, 11) is 1.58. The summed E-state index contributed by atoms with van der Waals surface area (Å²) in [5.41, 5.74) is 1.96. The molecule has 0 saturated heterocycles. The number of amides is 2. The molecule has 0 saturated carbocycles. The lowest BCUT2D eigenvalue weighted by Gasteiger charge is -2.37. The summed E-state index contributed by atoms with van der Waals surface area (Å²) in [5.74, 6) is -0.440. The lowest BCUT2D eigenvalue weighted by Crippen LogP contribution is -2.47. The largest absolute Gasteiger partial charge is 0.383 e. The van der Waals surface area contributed by atoms with Crippen molar-refractivity contribution in [3.05, 3.63) is 57.5 Å². The highest BCUT2D eigenvalue weighted by Gasteiger charge is 2.33. The van der Waals surface area contributed by atoms with E-state index in [1.165, 1.54) is 17.0 Å². The maximum absolute atomic E-state index is 13.5. The Morgan fingerprint density at radius 2 is 2.03 bits per heavy atom. The van der Waals surface area contributed by atoms with Crippen LogP contribution in [0, 0.1) is 5.82 Å². The van der Waals surface area contributed by atoms with Gasteiger partial charge in [0.2, 0.25) is 11.8 Å². The molecular formula is C22H27FN2O3S. The number of hydrogen-bond donors (Lipinski definition) is 0. The van der Waals surface area contributed by atoms with Crippen LogP contribution >= 0.6 is 11.3 Å². The molecule has 2 amide bonds. The van der Waals surface area contributed by atoms with Crippen LogP contribution in [0.3, 0.4) is 0 Å². The van der Waals surface area contributed by atoms with Crippen molar-refractivity contribution in [2.75, 3.05) is 33.4 Å². The van der Waals surface area contributed by atoms with Gasteiger partial charge in [-0.15, -0.1) is 11.3 Å². The zero-order valence-electron chi connectivity index (χ0n) is 16.9. The van der Waals surface area contributed by atoms with Crippen molar-refractivity contribution in [1.82, 2.24) is 9.80 Å². The molecule has 2 heterocycles. The van der Waals surface area contributed by atoms with Crippen molar-refractivity contribution in [1.29, 1.82) is 0 Å². The van der Waals surface area contributed by atoms with Crippen LogP contribution in [-0.4, -0.2) is 55.0 Å². The Morgan fingerprint density at radius 1 is 1.28 bits per heavy atom. The third-order valence-electron chi connectivity index (χ3n) is 5.18. The third kappa shape index (κ3) is 5.03. The van der Waals surface area contributed by atoms with E-state index in [4.69, 9.17) is 4.74 Å². The van der Waals surface area contributed by atoms with E-state index in [1.54, 1.807) is 35.5 Å². The van der Waals surface area contributed by atoms with Crippen molar-refractivity contribution in [3.8, 4) is 0 Å². The first kappa shape index (κ1) is 21.5. The maximum atomic E-state index is 13.5. The first-order valence-electron chi connectivity index (χ1n) is 9.93. The molecule has 156 valence electrons. The highest BCUT2D eigenvalue weighted by molar-refractivity contribution is 7.10. The molecule has 1 aromatic carbocycles. The van der Waals surface area contributed by atoms with Crippen molar-refractivity contribution < 1.29 is 18.7 Å². The summed E-state index contributed by atoms with van der Waals surface area (Å²) in [6.07, 6.45) is 1.93. The molecule has 0 fully saturated rings. The number of benzene rings is 1. The summed E-state index contributed by atoms with van der Waals surface area (Å²) in [6.45, 7) is 3.33. The second-order valence-electron chi connectivity index (χ2n) is 7.15. The molecule has 1 aromatic heterocycles. The van der Waals surface area contributed by atoms with Gasteiger partial charge in [0.1, 0.15) is 5.82 Å². The van der Waals surface area contributed by atoms with Crippen LogP contribution < -0.4 is 0 Å².